The standard InChI is InChI=1S/C20H23F3N2O5S/c21-20(22,23)30-17-3-5-18(6-4-17)31(28,29)25-9-7-15(8-10-25)12-19(27)24-13-16(26)11-14-1-2-14/h3-6,12,14H,1-2,7-11,13H2,(H,24,27). The van der Waals surface area contributed by atoms with Crippen LogP contribution in [0.2, 0.25) is 0 Å². The summed E-state index contributed by atoms with van der Waals surface area (Å²) in [6.07, 6.45) is -0.142. The van der Waals surface area contributed by atoms with E-state index >= 15 is 0 Å². The van der Waals surface area contributed by atoms with E-state index in [0.717, 1.165) is 42.7 Å². The number of piperidine rings is 1. The first-order valence-electron chi connectivity index (χ1n) is 9.88. The fourth-order valence-electron chi connectivity index (χ4n) is 3.26. The smallest absolute Gasteiger partial charge is 0.406 e. The molecule has 1 amide bonds. The third-order valence-corrected chi connectivity index (χ3v) is 6.98. The van der Waals surface area contributed by atoms with Crippen molar-refractivity contribution in [2.24, 2.45) is 5.92 Å². The molecule has 3 rings (SSSR count). The van der Waals surface area contributed by atoms with Crippen molar-refractivity contribution < 1.29 is 35.9 Å². The molecule has 0 aromatic heterocycles. The molecule has 0 spiro atoms. The maximum absolute atomic E-state index is 12.7. The Morgan fingerprint density at radius 2 is 1.74 bits per heavy atom. The first-order chi connectivity index (χ1) is 14.5. The van der Waals surface area contributed by atoms with Crippen molar-refractivity contribution >= 4 is 21.7 Å². The SMILES string of the molecule is O=C(CNC(=O)C=C1CCN(S(=O)(=O)c2ccc(OC(F)(F)F)cc2)CC1)CC1CC1. The molecule has 7 nitrogen and oxygen atoms in total. The van der Waals surface area contributed by atoms with E-state index in [1.165, 1.54) is 10.4 Å². The Kier molecular flexibility index (Phi) is 7.05. The topological polar surface area (TPSA) is 92.8 Å². The Balaban J connectivity index is 1.51. The number of carbonyl (C=O) groups excluding carboxylic acids is 2. The highest BCUT2D eigenvalue weighted by Crippen LogP contribution is 2.32. The third-order valence-electron chi connectivity index (χ3n) is 5.07. The molecule has 1 aliphatic heterocycles. The van der Waals surface area contributed by atoms with Crippen LogP contribution in [-0.2, 0) is 19.6 Å². The molecule has 1 aromatic carbocycles. The number of benzene rings is 1. The molecule has 1 heterocycles. The molecule has 0 atom stereocenters. The van der Waals surface area contributed by atoms with Gasteiger partial charge >= 0.3 is 6.36 Å². The number of hydrogen-bond acceptors (Lipinski definition) is 5. The van der Waals surface area contributed by atoms with E-state index in [4.69, 9.17) is 0 Å². The fourth-order valence-corrected chi connectivity index (χ4v) is 4.70. The second-order valence-corrected chi connectivity index (χ2v) is 9.57. The van der Waals surface area contributed by atoms with E-state index in [1.54, 1.807) is 0 Å². The zero-order chi connectivity index (χ0) is 22.6. The molecule has 11 heteroatoms. The van der Waals surface area contributed by atoms with Gasteiger partial charge in [-0.2, -0.15) is 4.31 Å². The van der Waals surface area contributed by atoms with Gasteiger partial charge in [0.1, 0.15) is 5.75 Å². The Bertz CT molecular complexity index is 944. The summed E-state index contributed by atoms with van der Waals surface area (Å²) in [5.41, 5.74) is 0.771. The maximum atomic E-state index is 12.7. The Morgan fingerprint density at radius 1 is 1.13 bits per heavy atom. The molecule has 1 N–H and O–H groups in total. The lowest BCUT2D eigenvalue weighted by molar-refractivity contribution is -0.274. The van der Waals surface area contributed by atoms with Gasteiger partial charge < -0.3 is 10.1 Å². The molecule has 0 unspecified atom stereocenters. The normalized spacial score (nSPS) is 17.8. The molecule has 0 radical (unpaired) electrons. The van der Waals surface area contributed by atoms with Crippen LogP contribution in [0.3, 0.4) is 0 Å². The zero-order valence-corrected chi connectivity index (χ0v) is 17.5. The van der Waals surface area contributed by atoms with E-state index in [9.17, 15) is 31.2 Å². The number of amides is 1. The van der Waals surface area contributed by atoms with Gasteiger partial charge in [-0.15, -0.1) is 13.2 Å². The molecule has 2 fully saturated rings. The summed E-state index contributed by atoms with van der Waals surface area (Å²) in [5, 5.41) is 2.56. The van der Waals surface area contributed by atoms with Crippen molar-refractivity contribution in [3.63, 3.8) is 0 Å². The number of rotatable bonds is 8. The Morgan fingerprint density at radius 3 is 2.29 bits per heavy atom. The molecular formula is C20H23F3N2O5S. The summed E-state index contributed by atoms with van der Waals surface area (Å²) in [7, 11) is -3.88. The van der Waals surface area contributed by atoms with E-state index in [2.05, 4.69) is 10.1 Å². The summed E-state index contributed by atoms with van der Waals surface area (Å²) >= 11 is 0. The van der Waals surface area contributed by atoms with Gasteiger partial charge in [0, 0.05) is 25.6 Å². The van der Waals surface area contributed by atoms with E-state index in [1.807, 2.05) is 0 Å². The summed E-state index contributed by atoms with van der Waals surface area (Å²) in [4.78, 5) is 23.5. The predicted octanol–water partition coefficient (Wildman–Crippen LogP) is 2.78. The van der Waals surface area contributed by atoms with Crippen molar-refractivity contribution in [2.75, 3.05) is 19.6 Å². The van der Waals surface area contributed by atoms with E-state index in [0.29, 0.717) is 25.2 Å². The minimum absolute atomic E-state index is 0.00168. The first-order valence-corrected chi connectivity index (χ1v) is 11.3. The lowest BCUT2D eigenvalue weighted by atomic mass is 10.1. The molecule has 2 aliphatic rings. The molecule has 0 bridgehead atoms. The number of nitrogens with one attached hydrogen (secondary N) is 1. The van der Waals surface area contributed by atoms with Crippen molar-refractivity contribution in [3.8, 4) is 5.75 Å². The van der Waals surface area contributed by atoms with Gasteiger partial charge in [-0.05, 0) is 55.9 Å². The summed E-state index contributed by atoms with van der Waals surface area (Å²) in [6, 6.07) is 4.02. The molecular weight excluding hydrogens is 437 g/mol. The molecule has 1 saturated carbocycles. The monoisotopic (exact) mass is 460 g/mol. The van der Waals surface area contributed by atoms with Gasteiger partial charge in [-0.3, -0.25) is 9.59 Å². The Labute approximate surface area is 178 Å². The summed E-state index contributed by atoms with van der Waals surface area (Å²) < 4.78 is 67.1. The van der Waals surface area contributed by atoms with E-state index in [-0.39, 0.29) is 36.2 Å². The number of nitrogens with zero attached hydrogens (tertiary/aromatic N) is 1. The third kappa shape index (κ3) is 7.06. The number of halogens is 3. The lowest BCUT2D eigenvalue weighted by Gasteiger charge is -2.27. The predicted molar refractivity (Wildman–Crippen MR) is 105 cm³/mol. The lowest BCUT2D eigenvalue weighted by Crippen LogP contribution is -2.36. The van der Waals surface area contributed by atoms with Gasteiger partial charge in [-0.25, -0.2) is 8.42 Å². The van der Waals surface area contributed by atoms with Gasteiger partial charge in [0.2, 0.25) is 15.9 Å². The van der Waals surface area contributed by atoms with Crippen LogP contribution in [-0.4, -0.2) is 50.4 Å². The Hall–Kier alpha value is -2.40. The number of sulfonamides is 1. The van der Waals surface area contributed by atoms with Crippen LogP contribution in [0.25, 0.3) is 0 Å². The summed E-state index contributed by atoms with van der Waals surface area (Å²) in [6.45, 7) is 0.277. The molecule has 1 saturated heterocycles. The van der Waals surface area contributed by atoms with Crippen LogP contribution >= 0.6 is 0 Å². The van der Waals surface area contributed by atoms with Crippen molar-refractivity contribution in [1.82, 2.24) is 9.62 Å². The molecule has 170 valence electrons. The molecule has 1 aliphatic carbocycles. The van der Waals surface area contributed by atoms with Crippen LogP contribution in [0, 0.1) is 5.92 Å². The van der Waals surface area contributed by atoms with Crippen molar-refractivity contribution in [2.45, 2.75) is 43.4 Å². The maximum Gasteiger partial charge on any atom is 0.573 e. The average Bonchev–Trinajstić information content (AvgIpc) is 3.50. The average molecular weight is 460 g/mol. The molecule has 1 aromatic rings. The highest BCUT2D eigenvalue weighted by Gasteiger charge is 2.32. The first kappa shape index (κ1) is 23.3. The number of carbonyl (C=O) groups is 2. The number of alkyl halides is 3. The van der Waals surface area contributed by atoms with Crippen LogP contribution in [0.15, 0.2) is 40.8 Å². The van der Waals surface area contributed by atoms with Gasteiger partial charge in [0.25, 0.3) is 0 Å². The minimum atomic E-state index is -4.85. The van der Waals surface area contributed by atoms with Crippen molar-refractivity contribution in [3.05, 3.63) is 35.9 Å². The van der Waals surface area contributed by atoms with Crippen LogP contribution in [0.5, 0.6) is 5.75 Å². The highest BCUT2D eigenvalue weighted by atomic mass is 32.2. The number of Topliss-reactive ketones (excluding diaryl/α,β-unsaturated/α-hetero) is 1. The van der Waals surface area contributed by atoms with Crippen LogP contribution < -0.4 is 10.1 Å². The fraction of sp³-hybridized carbons (Fsp3) is 0.500. The van der Waals surface area contributed by atoms with Gasteiger partial charge in [0.15, 0.2) is 5.78 Å². The van der Waals surface area contributed by atoms with Crippen LogP contribution in [0.4, 0.5) is 13.2 Å². The quantitative estimate of drug-likeness (QED) is 0.603. The minimum Gasteiger partial charge on any atom is -0.406 e. The number of ether oxygens (including phenoxy) is 1. The molecule has 31 heavy (non-hydrogen) atoms. The zero-order valence-electron chi connectivity index (χ0n) is 16.7. The second-order valence-electron chi connectivity index (χ2n) is 7.63. The van der Waals surface area contributed by atoms with Crippen molar-refractivity contribution in [1.29, 1.82) is 0 Å². The van der Waals surface area contributed by atoms with Crippen LogP contribution in [0.1, 0.15) is 32.1 Å². The highest BCUT2D eigenvalue weighted by molar-refractivity contribution is 7.89. The largest absolute Gasteiger partial charge is 0.573 e. The van der Waals surface area contributed by atoms with Gasteiger partial charge in [0.05, 0.1) is 11.4 Å². The van der Waals surface area contributed by atoms with Gasteiger partial charge in [-0.1, -0.05) is 5.57 Å². The number of hydrogen-bond donors (Lipinski definition) is 1. The second kappa shape index (κ2) is 9.39. The number of ketones is 1. The summed E-state index contributed by atoms with van der Waals surface area (Å²) in [5.74, 6) is -0.420. The van der Waals surface area contributed by atoms with E-state index < -0.39 is 22.1 Å².